The topological polar surface area (TPSA) is 105 Å². The first-order chi connectivity index (χ1) is 14.5. The summed E-state index contributed by atoms with van der Waals surface area (Å²) in [7, 11) is 4.82. The van der Waals surface area contributed by atoms with Crippen LogP contribution in [-0.4, -0.2) is 47.2 Å². The number of carbonyl (C=O) groups is 2. The summed E-state index contributed by atoms with van der Waals surface area (Å²) in [6, 6.07) is 11.2. The molecule has 9 nitrogen and oxygen atoms in total. The summed E-state index contributed by atoms with van der Waals surface area (Å²) in [5, 5.41) is 4.49. The molecule has 4 rings (SSSR count). The molecular formula is C20H18N4O5S. The number of nitrogens with zero attached hydrogens (tertiary/aromatic N) is 3. The number of ether oxygens (including phenoxy) is 3. The number of aryl methyl sites for hydroxylation is 1. The van der Waals surface area contributed by atoms with Crippen molar-refractivity contribution in [3.63, 3.8) is 0 Å². The van der Waals surface area contributed by atoms with Crippen LogP contribution in [0.3, 0.4) is 0 Å². The molecule has 0 saturated heterocycles. The van der Waals surface area contributed by atoms with E-state index < -0.39 is 18.5 Å². The minimum atomic E-state index is -0.579. The Morgan fingerprint density at radius 3 is 2.47 bits per heavy atom. The molecule has 4 aromatic rings. The number of amides is 1. The number of nitrogens with one attached hydrogen (secondary N) is 1. The van der Waals surface area contributed by atoms with Gasteiger partial charge in [0.05, 0.1) is 20.3 Å². The lowest BCUT2D eigenvalue weighted by Gasteiger charge is -2.07. The molecule has 0 aliphatic heterocycles. The Balaban J connectivity index is 1.44. The van der Waals surface area contributed by atoms with Crippen LogP contribution in [0.2, 0.25) is 0 Å². The van der Waals surface area contributed by atoms with Gasteiger partial charge in [0.15, 0.2) is 6.61 Å². The summed E-state index contributed by atoms with van der Waals surface area (Å²) in [6.07, 6.45) is 0. The molecule has 0 unspecified atom stereocenters. The third-order valence-electron chi connectivity index (χ3n) is 4.46. The third kappa shape index (κ3) is 3.64. The molecule has 0 bridgehead atoms. The summed E-state index contributed by atoms with van der Waals surface area (Å²) in [5.41, 5.74) is 1.09. The Labute approximate surface area is 175 Å². The Bertz CT molecular complexity index is 1240. The van der Waals surface area contributed by atoms with Crippen molar-refractivity contribution in [1.29, 1.82) is 0 Å². The Morgan fingerprint density at radius 1 is 1.07 bits per heavy atom. The number of fused-ring (bicyclic) bond motifs is 3. The van der Waals surface area contributed by atoms with Crippen molar-refractivity contribution >= 4 is 50.3 Å². The molecule has 0 saturated carbocycles. The highest BCUT2D eigenvalue weighted by Crippen LogP contribution is 2.34. The number of rotatable bonds is 6. The summed E-state index contributed by atoms with van der Waals surface area (Å²) in [4.78, 5) is 34.0. The normalized spacial score (nSPS) is 10.9. The van der Waals surface area contributed by atoms with E-state index >= 15 is 0 Å². The van der Waals surface area contributed by atoms with E-state index in [4.69, 9.17) is 14.2 Å². The summed E-state index contributed by atoms with van der Waals surface area (Å²) in [5.74, 6) is -0.705. The van der Waals surface area contributed by atoms with Crippen molar-refractivity contribution in [3.8, 4) is 11.8 Å². The van der Waals surface area contributed by atoms with Crippen molar-refractivity contribution in [3.05, 3.63) is 41.3 Å². The first kappa shape index (κ1) is 19.6. The standard InChI is InChI=1S/C20H18N4O5S/c1-24-13-7-5-4-6-11(13)12-8-14(30-18(12)24)19(26)29-10-15(25)21-20-22-16(27-2)9-17(23-20)28-3/h4-9H,10H2,1-3H3,(H,21,22,23,25). The average Bonchev–Trinajstić information content (AvgIpc) is 3.31. The van der Waals surface area contributed by atoms with E-state index in [9.17, 15) is 9.59 Å². The van der Waals surface area contributed by atoms with E-state index in [0.29, 0.717) is 4.88 Å². The van der Waals surface area contributed by atoms with Gasteiger partial charge >= 0.3 is 5.97 Å². The maximum absolute atomic E-state index is 12.4. The second kappa shape index (κ2) is 7.99. The fraction of sp³-hybridized carbons (Fsp3) is 0.200. The van der Waals surface area contributed by atoms with Gasteiger partial charge < -0.3 is 18.8 Å². The minimum absolute atomic E-state index is 0.0134. The highest BCUT2D eigenvalue weighted by atomic mass is 32.1. The van der Waals surface area contributed by atoms with Gasteiger partial charge in [-0.1, -0.05) is 18.2 Å². The lowest BCUT2D eigenvalue weighted by molar-refractivity contribution is -0.119. The molecule has 3 aromatic heterocycles. The highest BCUT2D eigenvalue weighted by Gasteiger charge is 2.18. The summed E-state index contributed by atoms with van der Waals surface area (Å²) in [6.45, 7) is -0.475. The van der Waals surface area contributed by atoms with Gasteiger partial charge in [0.1, 0.15) is 9.71 Å². The summed E-state index contributed by atoms with van der Waals surface area (Å²) < 4.78 is 17.2. The molecule has 0 aliphatic rings. The van der Waals surface area contributed by atoms with Gasteiger partial charge in [-0.25, -0.2) is 4.79 Å². The number of carbonyl (C=O) groups excluding carboxylic acids is 2. The number of aromatic nitrogens is 3. The first-order valence-corrected chi connectivity index (χ1v) is 9.72. The Kier molecular flexibility index (Phi) is 5.23. The molecule has 30 heavy (non-hydrogen) atoms. The number of hydrogen-bond donors (Lipinski definition) is 1. The number of methoxy groups -OCH3 is 2. The van der Waals surface area contributed by atoms with Gasteiger partial charge in [0.2, 0.25) is 17.7 Å². The van der Waals surface area contributed by atoms with Gasteiger partial charge in [0.25, 0.3) is 5.91 Å². The molecule has 0 atom stereocenters. The van der Waals surface area contributed by atoms with Gasteiger partial charge in [-0.3, -0.25) is 10.1 Å². The monoisotopic (exact) mass is 426 g/mol. The first-order valence-electron chi connectivity index (χ1n) is 8.91. The van der Waals surface area contributed by atoms with E-state index in [1.54, 1.807) is 6.07 Å². The Hall–Kier alpha value is -3.66. The SMILES string of the molecule is COc1cc(OC)nc(NC(=O)COC(=O)c2cc3c4ccccc4n(C)c3s2)n1. The number of anilines is 1. The van der Waals surface area contributed by atoms with Gasteiger partial charge in [0, 0.05) is 23.3 Å². The molecule has 0 fully saturated rings. The number of benzene rings is 1. The fourth-order valence-electron chi connectivity index (χ4n) is 3.06. The molecule has 0 spiro atoms. The van der Waals surface area contributed by atoms with Crippen LogP contribution in [-0.2, 0) is 16.6 Å². The zero-order chi connectivity index (χ0) is 21.3. The molecule has 0 aliphatic carbocycles. The number of hydrogen-bond acceptors (Lipinski definition) is 8. The van der Waals surface area contributed by atoms with Crippen molar-refractivity contribution in [2.45, 2.75) is 0 Å². The lowest BCUT2D eigenvalue weighted by atomic mass is 10.2. The molecule has 0 radical (unpaired) electrons. The molecule has 1 N–H and O–H groups in total. The lowest BCUT2D eigenvalue weighted by Crippen LogP contribution is -2.22. The van der Waals surface area contributed by atoms with Crippen LogP contribution in [0, 0.1) is 0 Å². The van der Waals surface area contributed by atoms with Gasteiger partial charge in [-0.15, -0.1) is 11.3 Å². The van der Waals surface area contributed by atoms with Crippen LogP contribution in [0.4, 0.5) is 5.95 Å². The maximum atomic E-state index is 12.4. The molecule has 1 aromatic carbocycles. The van der Waals surface area contributed by atoms with Crippen molar-refractivity contribution < 1.29 is 23.8 Å². The van der Waals surface area contributed by atoms with Crippen LogP contribution < -0.4 is 14.8 Å². The van der Waals surface area contributed by atoms with Crippen molar-refractivity contribution in [1.82, 2.24) is 14.5 Å². The van der Waals surface area contributed by atoms with Gasteiger partial charge in [-0.05, 0) is 12.1 Å². The van der Waals surface area contributed by atoms with E-state index in [0.717, 1.165) is 21.1 Å². The van der Waals surface area contributed by atoms with E-state index in [-0.39, 0.29) is 17.7 Å². The van der Waals surface area contributed by atoms with Crippen LogP contribution >= 0.6 is 11.3 Å². The van der Waals surface area contributed by atoms with Crippen molar-refractivity contribution in [2.75, 3.05) is 26.1 Å². The van der Waals surface area contributed by atoms with E-state index in [2.05, 4.69) is 15.3 Å². The number of para-hydroxylation sites is 1. The van der Waals surface area contributed by atoms with Crippen LogP contribution in [0.1, 0.15) is 9.67 Å². The minimum Gasteiger partial charge on any atom is -0.481 e. The molecule has 3 heterocycles. The van der Waals surface area contributed by atoms with Crippen molar-refractivity contribution in [2.24, 2.45) is 7.05 Å². The number of thiophene rings is 1. The average molecular weight is 426 g/mol. The number of esters is 1. The molecule has 1 amide bonds. The van der Waals surface area contributed by atoms with Crippen LogP contribution in [0.25, 0.3) is 21.1 Å². The quantitative estimate of drug-likeness (QED) is 0.473. The maximum Gasteiger partial charge on any atom is 0.348 e. The zero-order valence-corrected chi connectivity index (χ0v) is 17.3. The van der Waals surface area contributed by atoms with E-state index in [1.807, 2.05) is 35.9 Å². The summed E-state index contributed by atoms with van der Waals surface area (Å²) >= 11 is 1.32. The smallest absolute Gasteiger partial charge is 0.348 e. The predicted molar refractivity (Wildman–Crippen MR) is 112 cm³/mol. The predicted octanol–water partition coefficient (Wildman–Crippen LogP) is 3.00. The Morgan fingerprint density at radius 2 is 1.77 bits per heavy atom. The second-order valence-corrected chi connectivity index (χ2v) is 7.34. The van der Waals surface area contributed by atoms with Crippen LogP contribution in [0.5, 0.6) is 11.8 Å². The largest absolute Gasteiger partial charge is 0.481 e. The molecule has 10 heteroatoms. The highest BCUT2D eigenvalue weighted by molar-refractivity contribution is 7.20. The second-order valence-electron chi connectivity index (χ2n) is 6.31. The van der Waals surface area contributed by atoms with E-state index in [1.165, 1.54) is 31.6 Å². The van der Waals surface area contributed by atoms with Crippen LogP contribution in [0.15, 0.2) is 36.4 Å². The molecule has 154 valence electrons. The fourth-order valence-corrected chi connectivity index (χ4v) is 4.10. The third-order valence-corrected chi connectivity index (χ3v) is 5.65. The van der Waals surface area contributed by atoms with Gasteiger partial charge in [-0.2, -0.15) is 9.97 Å². The zero-order valence-electron chi connectivity index (χ0n) is 16.5. The molecular weight excluding hydrogens is 408 g/mol.